The number of rotatable bonds is 11. The van der Waals surface area contributed by atoms with E-state index in [-0.39, 0.29) is 46.9 Å². The fourth-order valence-corrected chi connectivity index (χ4v) is 4.98. The largest absolute Gasteiger partial charge is 0.300 e. The monoisotopic (exact) mass is 464 g/mol. The van der Waals surface area contributed by atoms with Gasteiger partial charge in [0, 0.05) is 30.1 Å². The van der Waals surface area contributed by atoms with Gasteiger partial charge in [0.15, 0.2) is 5.78 Å². The van der Waals surface area contributed by atoms with Gasteiger partial charge in [-0.05, 0) is 67.7 Å². The number of hydrogen-bond acceptors (Lipinski definition) is 3. The van der Waals surface area contributed by atoms with Crippen LogP contribution in [0.1, 0.15) is 105 Å². The summed E-state index contributed by atoms with van der Waals surface area (Å²) in [5.74, 6) is 0.151. The minimum Gasteiger partial charge on any atom is -0.300 e. The molecule has 0 bridgehead atoms. The van der Waals surface area contributed by atoms with Crippen molar-refractivity contribution in [2.75, 3.05) is 0 Å². The first-order valence-electron chi connectivity index (χ1n) is 12.8. The highest BCUT2D eigenvalue weighted by molar-refractivity contribution is 6.00. The lowest BCUT2D eigenvalue weighted by atomic mass is 9.71. The molecule has 0 aliphatic heterocycles. The summed E-state index contributed by atoms with van der Waals surface area (Å²) in [4.78, 5) is 38.8. The molecule has 0 heterocycles. The van der Waals surface area contributed by atoms with Gasteiger partial charge in [-0.15, -0.1) is 0 Å². The maximum atomic E-state index is 13.6. The molecule has 1 aliphatic rings. The Morgan fingerprint density at radius 2 is 1.62 bits per heavy atom. The molecular formula is C31H44O3. The third kappa shape index (κ3) is 6.64. The molecule has 0 N–H and O–H groups in total. The van der Waals surface area contributed by atoms with Gasteiger partial charge in [-0.1, -0.05) is 77.5 Å². The van der Waals surface area contributed by atoms with Gasteiger partial charge in [-0.3, -0.25) is 14.4 Å². The van der Waals surface area contributed by atoms with Crippen LogP contribution in [0.5, 0.6) is 0 Å². The zero-order valence-corrected chi connectivity index (χ0v) is 22.7. The summed E-state index contributed by atoms with van der Waals surface area (Å²) in [6, 6.07) is 8.46. The van der Waals surface area contributed by atoms with E-state index in [1.165, 1.54) is 16.7 Å². The average Bonchev–Trinajstić information content (AvgIpc) is 3.09. The Bertz CT molecular complexity index is 986. The Morgan fingerprint density at radius 3 is 2.18 bits per heavy atom. The maximum Gasteiger partial charge on any atom is 0.162 e. The Labute approximate surface area is 207 Å². The van der Waals surface area contributed by atoms with Crippen LogP contribution >= 0.6 is 0 Å². The van der Waals surface area contributed by atoms with Gasteiger partial charge in [-0.2, -0.15) is 0 Å². The third-order valence-corrected chi connectivity index (χ3v) is 7.75. The van der Waals surface area contributed by atoms with Gasteiger partial charge >= 0.3 is 0 Å². The predicted octanol–water partition coefficient (Wildman–Crippen LogP) is 7.75. The molecule has 0 radical (unpaired) electrons. The SMILES string of the molecule is CCC(CC1=CC(C)c2ccccc21)C(=O)CC(C(=O)/C(C)=C(\C)CC(C)C(C)=O)C(C)(C)C. The molecule has 0 aromatic heterocycles. The summed E-state index contributed by atoms with van der Waals surface area (Å²) in [5, 5.41) is 0. The molecule has 1 aromatic carbocycles. The number of ketones is 3. The smallest absolute Gasteiger partial charge is 0.162 e. The second-order valence-electron chi connectivity index (χ2n) is 11.5. The molecule has 3 heteroatoms. The highest BCUT2D eigenvalue weighted by Crippen LogP contribution is 2.40. The molecule has 1 aliphatic carbocycles. The zero-order valence-electron chi connectivity index (χ0n) is 22.7. The first kappa shape index (κ1) is 28.0. The molecule has 3 nitrogen and oxygen atoms in total. The molecule has 0 spiro atoms. The van der Waals surface area contributed by atoms with Gasteiger partial charge in [0.1, 0.15) is 11.6 Å². The van der Waals surface area contributed by atoms with Crippen molar-refractivity contribution in [3.05, 3.63) is 52.6 Å². The van der Waals surface area contributed by atoms with Crippen molar-refractivity contribution in [3.8, 4) is 0 Å². The van der Waals surface area contributed by atoms with E-state index >= 15 is 0 Å². The van der Waals surface area contributed by atoms with Crippen molar-refractivity contribution in [2.24, 2.45) is 23.2 Å². The summed E-state index contributed by atoms with van der Waals surface area (Å²) < 4.78 is 0. The summed E-state index contributed by atoms with van der Waals surface area (Å²) in [6.45, 7) is 17.7. The minimum absolute atomic E-state index is 0.0444. The number of benzene rings is 1. The molecule has 4 atom stereocenters. The van der Waals surface area contributed by atoms with E-state index in [4.69, 9.17) is 0 Å². The van der Waals surface area contributed by atoms with E-state index < -0.39 is 0 Å². The molecule has 0 amide bonds. The number of allylic oxidation sites excluding steroid dienone is 4. The first-order valence-corrected chi connectivity index (χ1v) is 12.8. The Morgan fingerprint density at radius 1 is 1.00 bits per heavy atom. The van der Waals surface area contributed by atoms with E-state index in [1.807, 2.05) is 41.5 Å². The van der Waals surface area contributed by atoms with Crippen LogP contribution < -0.4 is 0 Å². The fourth-order valence-electron chi connectivity index (χ4n) is 4.98. The zero-order chi connectivity index (χ0) is 25.8. The van der Waals surface area contributed by atoms with E-state index in [1.54, 1.807) is 6.92 Å². The van der Waals surface area contributed by atoms with Crippen molar-refractivity contribution in [2.45, 2.75) is 93.9 Å². The lowest BCUT2D eigenvalue weighted by molar-refractivity contribution is -0.131. The molecule has 4 unspecified atom stereocenters. The van der Waals surface area contributed by atoms with Gasteiger partial charge in [0.05, 0.1) is 0 Å². The van der Waals surface area contributed by atoms with Crippen molar-refractivity contribution >= 4 is 22.9 Å². The van der Waals surface area contributed by atoms with Crippen LogP contribution in [0.25, 0.3) is 5.57 Å². The van der Waals surface area contributed by atoms with Crippen molar-refractivity contribution < 1.29 is 14.4 Å². The van der Waals surface area contributed by atoms with E-state index in [2.05, 4.69) is 44.2 Å². The van der Waals surface area contributed by atoms with Crippen LogP contribution in [0.2, 0.25) is 0 Å². The number of hydrogen-bond donors (Lipinski definition) is 0. The molecular weight excluding hydrogens is 420 g/mol. The lowest BCUT2D eigenvalue weighted by Gasteiger charge is -2.31. The van der Waals surface area contributed by atoms with Crippen molar-refractivity contribution in [1.82, 2.24) is 0 Å². The summed E-state index contributed by atoms with van der Waals surface area (Å²) >= 11 is 0. The second kappa shape index (κ2) is 11.4. The van der Waals surface area contributed by atoms with Crippen LogP contribution in [0.4, 0.5) is 0 Å². The summed E-state index contributed by atoms with van der Waals surface area (Å²) in [5.41, 5.74) is 5.18. The highest BCUT2D eigenvalue weighted by Gasteiger charge is 2.36. The topological polar surface area (TPSA) is 51.2 Å². The van der Waals surface area contributed by atoms with Crippen LogP contribution in [0, 0.1) is 23.2 Å². The highest BCUT2D eigenvalue weighted by atomic mass is 16.1. The van der Waals surface area contributed by atoms with Crippen molar-refractivity contribution in [1.29, 1.82) is 0 Å². The van der Waals surface area contributed by atoms with Crippen LogP contribution in [-0.2, 0) is 14.4 Å². The normalized spacial score (nSPS) is 19.0. The van der Waals surface area contributed by atoms with Gasteiger partial charge in [-0.25, -0.2) is 0 Å². The quantitative estimate of drug-likeness (QED) is 0.315. The summed E-state index contributed by atoms with van der Waals surface area (Å²) in [7, 11) is 0. The van der Waals surface area contributed by atoms with Crippen LogP contribution in [-0.4, -0.2) is 17.3 Å². The Kier molecular flexibility index (Phi) is 9.39. The van der Waals surface area contributed by atoms with E-state index in [9.17, 15) is 14.4 Å². The second-order valence-corrected chi connectivity index (χ2v) is 11.5. The number of fused-ring (bicyclic) bond motifs is 1. The summed E-state index contributed by atoms with van der Waals surface area (Å²) in [6.07, 6.45) is 4.63. The van der Waals surface area contributed by atoms with E-state index in [0.29, 0.717) is 17.9 Å². The Hall–Kier alpha value is -2.29. The third-order valence-electron chi connectivity index (χ3n) is 7.75. The maximum absolute atomic E-state index is 13.6. The fraction of sp³-hybridized carbons (Fsp3) is 0.581. The Balaban J connectivity index is 2.22. The van der Waals surface area contributed by atoms with Gasteiger partial charge in [0.2, 0.25) is 0 Å². The van der Waals surface area contributed by atoms with Crippen LogP contribution in [0.15, 0.2) is 41.5 Å². The molecule has 186 valence electrons. The number of carbonyl (C=O) groups is 3. The van der Waals surface area contributed by atoms with Crippen LogP contribution in [0.3, 0.4) is 0 Å². The van der Waals surface area contributed by atoms with Crippen molar-refractivity contribution in [3.63, 3.8) is 0 Å². The standard InChI is InChI=1S/C31H44O3/c1-10-24(17-25-16-21(4)26-13-11-12-14-27(25)26)29(33)18-28(31(7,8)9)30(34)22(5)19(2)15-20(3)23(6)32/h11-14,16,20-21,24,28H,10,15,17-18H2,1-9H3/b22-19+. The number of Topliss-reactive ketones (excluding diaryl/α,β-unsaturated/α-hetero) is 3. The minimum atomic E-state index is -0.375. The predicted molar refractivity (Wildman–Crippen MR) is 142 cm³/mol. The molecule has 0 fully saturated rings. The molecule has 34 heavy (non-hydrogen) atoms. The molecule has 0 saturated carbocycles. The average molecular weight is 465 g/mol. The molecule has 1 aromatic rings. The lowest BCUT2D eigenvalue weighted by Crippen LogP contribution is -2.33. The molecule has 0 saturated heterocycles. The van der Waals surface area contributed by atoms with E-state index in [0.717, 1.165) is 18.4 Å². The number of carbonyl (C=O) groups excluding carboxylic acids is 3. The first-order chi connectivity index (χ1) is 15.8. The van der Waals surface area contributed by atoms with Gasteiger partial charge in [0.25, 0.3) is 0 Å². The molecule has 2 rings (SSSR count). The van der Waals surface area contributed by atoms with Gasteiger partial charge < -0.3 is 0 Å².